The molecule has 24 heavy (non-hydrogen) atoms. The number of nitrogens with zero attached hydrogens (tertiary/aromatic N) is 2. The van der Waals surface area contributed by atoms with Gasteiger partial charge in [-0.25, -0.2) is 4.98 Å². The van der Waals surface area contributed by atoms with Gasteiger partial charge in [0.2, 0.25) is 0 Å². The molecule has 0 amide bonds. The van der Waals surface area contributed by atoms with Crippen molar-refractivity contribution in [1.29, 1.82) is 0 Å². The number of thioether (sulfide) groups is 1. The van der Waals surface area contributed by atoms with E-state index in [4.69, 9.17) is 22.1 Å². The topological polar surface area (TPSA) is 138 Å². The van der Waals surface area contributed by atoms with Crippen LogP contribution in [0.3, 0.4) is 0 Å². The molecule has 0 spiro atoms. The first-order valence-corrected chi connectivity index (χ1v) is 8.47. The third-order valence-corrected chi connectivity index (χ3v) is 5.12. The lowest BCUT2D eigenvalue weighted by Crippen LogP contribution is -2.61. The van der Waals surface area contributed by atoms with Crippen molar-refractivity contribution in [3.8, 4) is 11.5 Å². The zero-order valence-corrected chi connectivity index (χ0v) is 14.0. The highest BCUT2D eigenvalue weighted by molar-refractivity contribution is 8.00. The summed E-state index contributed by atoms with van der Waals surface area (Å²) in [5.41, 5.74) is 5.58. The number of imidazole rings is 1. The number of aromatic amines is 1. The summed E-state index contributed by atoms with van der Waals surface area (Å²) in [6, 6.07) is 0.741. The molecule has 1 saturated heterocycles. The summed E-state index contributed by atoms with van der Waals surface area (Å²) in [7, 11) is 0. The average molecular weight is 373 g/mol. The highest BCUT2D eigenvalue weighted by Crippen LogP contribution is 2.37. The largest absolute Gasteiger partial charge is 0.394 e. The molecule has 130 valence electrons. The van der Waals surface area contributed by atoms with Crippen LogP contribution in [0.15, 0.2) is 29.6 Å². The Kier molecular flexibility index (Phi) is 5.40. The van der Waals surface area contributed by atoms with Gasteiger partial charge in [0.05, 0.1) is 17.7 Å². The number of ether oxygens (including phenoxy) is 1. The third kappa shape index (κ3) is 3.42. The fourth-order valence-corrected chi connectivity index (χ4v) is 3.87. The molecule has 0 aromatic carbocycles. The Bertz CT molecular complexity index is 687. The monoisotopic (exact) mass is 372 g/mol. The minimum absolute atomic E-state index is 0.405. The van der Waals surface area contributed by atoms with E-state index in [1.165, 1.54) is 6.20 Å². The summed E-state index contributed by atoms with van der Waals surface area (Å²) in [5.74, 6) is 0.544. The van der Waals surface area contributed by atoms with Crippen LogP contribution < -0.4 is 5.73 Å². The maximum Gasteiger partial charge on any atom is 0.157 e. The molecular formula is C14H17ClN4O4S. The van der Waals surface area contributed by atoms with E-state index in [1.54, 1.807) is 18.5 Å². The summed E-state index contributed by atoms with van der Waals surface area (Å²) in [6.07, 6.45) is 1.61. The molecular weight excluding hydrogens is 356 g/mol. The molecule has 3 heterocycles. The number of aromatic nitrogens is 3. The van der Waals surface area contributed by atoms with Crippen molar-refractivity contribution in [3.05, 3.63) is 29.7 Å². The molecule has 0 aliphatic carbocycles. The number of aliphatic hydroxyl groups is 3. The van der Waals surface area contributed by atoms with Crippen molar-refractivity contribution in [1.82, 2.24) is 15.0 Å². The second kappa shape index (κ2) is 7.36. The molecule has 0 radical (unpaired) electrons. The first kappa shape index (κ1) is 17.6. The summed E-state index contributed by atoms with van der Waals surface area (Å²) < 4.78 is 5.58. The maximum absolute atomic E-state index is 10.3. The Balaban J connectivity index is 1.89. The predicted octanol–water partition coefficient (Wildman–Crippen LogP) is -0.0165. The third-order valence-electron chi connectivity index (χ3n) is 3.72. The lowest BCUT2D eigenvalue weighted by molar-refractivity contribution is -0.160. The molecule has 5 unspecified atom stereocenters. The lowest BCUT2D eigenvalue weighted by atomic mass is 9.98. The van der Waals surface area contributed by atoms with E-state index in [0.717, 1.165) is 11.8 Å². The fourth-order valence-electron chi connectivity index (χ4n) is 2.42. The van der Waals surface area contributed by atoms with E-state index in [1.807, 2.05) is 0 Å². The number of pyridine rings is 1. The minimum Gasteiger partial charge on any atom is -0.394 e. The van der Waals surface area contributed by atoms with Crippen molar-refractivity contribution in [3.63, 3.8) is 0 Å². The number of rotatable bonds is 4. The van der Waals surface area contributed by atoms with Crippen LogP contribution in [0.1, 0.15) is 0 Å². The molecule has 1 fully saturated rings. The Hall–Kier alpha value is -1.20. The quantitative estimate of drug-likeness (QED) is 0.505. The lowest BCUT2D eigenvalue weighted by Gasteiger charge is -2.40. The van der Waals surface area contributed by atoms with E-state index >= 15 is 0 Å². The van der Waals surface area contributed by atoms with Crippen LogP contribution in [0.25, 0.3) is 11.5 Å². The standard InChI is InChI=1S/C14H17ClN4O4S/c15-6-3-8(10(19-4-6)13-17-1-2-18-13)24-14-12(22)9(16)11(21)7(5-20)23-14/h1-4,7,9,11-12,14,20-22H,5,16H2,(H,17,18). The molecule has 5 atom stereocenters. The van der Waals surface area contributed by atoms with Crippen LogP contribution in [0, 0.1) is 0 Å². The van der Waals surface area contributed by atoms with E-state index < -0.39 is 36.4 Å². The normalized spacial score (nSPS) is 30.5. The summed E-state index contributed by atoms with van der Waals surface area (Å²) in [4.78, 5) is 12.0. The van der Waals surface area contributed by atoms with Crippen LogP contribution in [-0.4, -0.2) is 66.7 Å². The molecule has 3 rings (SSSR count). The summed E-state index contributed by atoms with van der Waals surface area (Å²) in [5, 5.41) is 29.9. The highest BCUT2D eigenvalue weighted by Gasteiger charge is 2.43. The van der Waals surface area contributed by atoms with Crippen LogP contribution in [0.5, 0.6) is 0 Å². The number of nitrogens with one attached hydrogen (secondary N) is 1. The van der Waals surface area contributed by atoms with Gasteiger partial charge in [0.1, 0.15) is 29.4 Å². The van der Waals surface area contributed by atoms with Crippen molar-refractivity contribution < 1.29 is 20.1 Å². The summed E-state index contributed by atoms with van der Waals surface area (Å²) >= 11 is 7.18. The van der Waals surface area contributed by atoms with Crippen molar-refractivity contribution in [2.45, 2.75) is 34.7 Å². The van der Waals surface area contributed by atoms with E-state index in [9.17, 15) is 15.3 Å². The SMILES string of the molecule is NC1C(O)C(CO)OC(Sc2cc(Cl)cnc2-c2ncc[nH]2)C1O. The Labute approximate surface area is 147 Å². The van der Waals surface area contributed by atoms with Gasteiger partial charge in [-0.15, -0.1) is 0 Å². The molecule has 10 heteroatoms. The minimum atomic E-state index is -1.15. The molecule has 0 bridgehead atoms. The average Bonchev–Trinajstić information content (AvgIpc) is 3.10. The Morgan fingerprint density at radius 1 is 1.33 bits per heavy atom. The molecule has 2 aromatic heterocycles. The number of halogens is 1. The number of hydrogen-bond donors (Lipinski definition) is 5. The smallest absolute Gasteiger partial charge is 0.157 e. The molecule has 8 nitrogen and oxygen atoms in total. The Morgan fingerprint density at radius 2 is 2.12 bits per heavy atom. The second-order valence-electron chi connectivity index (χ2n) is 5.34. The summed E-state index contributed by atoms with van der Waals surface area (Å²) in [6.45, 7) is -0.405. The number of aliphatic hydroxyl groups excluding tert-OH is 3. The van der Waals surface area contributed by atoms with Gasteiger partial charge in [-0.2, -0.15) is 0 Å². The number of nitrogens with two attached hydrogens (primary N) is 1. The Morgan fingerprint density at radius 3 is 2.79 bits per heavy atom. The highest BCUT2D eigenvalue weighted by atomic mass is 35.5. The van der Waals surface area contributed by atoms with Gasteiger partial charge in [0, 0.05) is 23.5 Å². The zero-order chi connectivity index (χ0) is 17.3. The number of hydrogen-bond acceptors (Lipinski definition) is 8. The molecule has 1 aliphatic heterocycles. The van der Waals surface area contributed by atoms with Gasteiger partial charge in [-0.3, -0.25) is 4.98 Å². The van der Waals surface area contributed by atoms with Gasteiger partial charge in [-0.05, 0) is 6.07 Å². The van der Waals surface area contributed by atoms with Gasteiger partial charge in [-0.1, -0.05) is 23.4 Å². The van der Waals surface area contributed by atoms with E-state index in [-0.39, 0.29) is 0 Å². The first-order valence-electron chi connectivity index (χ1n) is 7.21. The van der Waals surface area contributed by atoms with Gasteiger partial charge in [0.15, 0.2) is 5.82 Å². The van der Waals surface area contributed by atoms with Crippen LogP contribution in [0.4, 0.5) is 0 Å². The van der Waals surface area contributed by atoms with Crippen molar-refractivity contribution in [2.24, 2.45) is 5.73 Å². The molecule has 2 aromatic rings. The van der Waals surface area contributed by atoms with Gasteiger partial charge >= 0.3 is 0 Å². The van der Waals surface area contributed by atoms with Crippen LogP contribution in [-0.2, 0) is 4.74 Å². The van der Waals surface area contributed by atoms with Crippen molar-refractivity contribution in [2.75, 3.05) is 6.61 Å². The maximum atomic E-state index is 10.3. The van der Waals surface area contributed by atoms with Gasteiger partial charge < -0.3 is 30.8 Å². The van der Waals surface area contributed by atoms with Gasteiger partial charge in [0.25, 0.3) is 0 Å². The first-order chi connectivity index (χ1) is 11.5. The van der Waals surface area contributed by atoms with E-state index in [0.29, 0.717) is 21.4 Å². The fraction of sp³-hybridized carbons (Fsp3) is 0.429. The molecule has 6 N–H and O–H groups in total. The van der Waals surface area contributed by atoms with Crippen LogP contribution in [0.2, 0.25) is 5.02 Å². The van der Waals surface area contributed by atoms with Crippen molar-refractivity contribution >= 4 is 23.4 Å². The van der Waals surface area contributed by atoms with E-state index in [2.05, 4.69) is 15.0 Å². The predicted molar refractivity (Wildman–Crippen MR) is 88.4 cm³/mol. The number of H-pyrrole nitrogens is 1. The second-order valence-corrected chi connectivity index (χ2v) is 6.92. The molecule has 0 saturated carbocycles. The molecule has 1 aliphatic rings. The van der Waals surface area contributed by atoms with Crippen LogP contribution >= 0.6 is 23.4 Å². The zero-order valence-electron chi connectivity index (χ0n) is 12.4.